The van der Waals surface area contributed by atoms with E-state index in [0.29, 0.717) is 50.5 Å². The Kier molecular flexibility index (Phi) is 9.03. The molecular formula is C27H41N7O4. The number of rotatable bonds is 7. The van der Waals surface area contributed by atoms with Crippen LogP contribution in [0.5, 0.6) is 0 Å². The summed E-state index contributed by atoms with van der Waals surface area (Å²) in [6, 6.07) is 0.934. The van der Waals surface area contributed by atoms with Crippen LogP contribution in [0.2, 0.25) is 0 Å². The van der Waals surface area contributed by atoms with Gasteiger partial charge in [-0.25, -0.2) is 0 Å². The molecule has 38 heavy (non-hydrogen) atoms. The van der Waals surface area contributed by atoms with E-state index in [4.69, 9.17) is 20.6 Å². The molecule has 1 aromatic heterocycles. The van der Waals surface area contributed by atoms with Crippen molar-refractivity contribution in [3.05, 3.63) is 47.0 Å². The van der Waals surface area contributed by atoms with E-state index in [9.17, 15) is 9.90 Å². The Hall–Kier alpha value is -2.99. The lowest BCUT2D eigenvalue weighted by Crippen LogP contribution is -2.60. The molecule has 0 spiro atoms. The maximum Gasteiger partial charge on any atom is 0.253 e. The van der Waals surface area contributed by atoms with Gasteiger partial charge in [0.25, 0.3) is 5.91 Å². The number of carbonyl (C=O) groups is 1. The predicted molar refractivity (Wildman–Crippen MR) is 146 cm³/mol. The molecule has 2 unspecified atom stereocenters. The van der Waals surface area contributed by atoms with Crippen molar-refractivity contribution < 1.29 is 19.4 Å². The summed E-state index contributed by atoms with van der Waals surface area (Å²) in [5.74, 6) is 0.408. The van der Waals surface area contributed by atoms with Crippen molar-refractivity contribution in [2.45, 2.75) is 70.1 Å². The van der Waals surface area contributed by atoms with E-state index in [1.165, 1.54) is 6.20 Å². The van der Waals surface area contributed by atoms with Gasteiger partial charge in [0.05, 0.1) is 41.4 Å². The third-order valence-electron chi connectivity index (χ3n) is 7.49. The van der Waals surface area contributed by atoms with Gasteiger partial charge in [0, 0.05) is 69.8 Å². The minimum Gasteiger partial charge on any atom is -0.512 e. The summed E-state index contributed by atoms with van der Waals surface area (Å²) in [5.41, 5.74) is 9.49. The van der Waals surface area contributed by atoms with Gasteiger partial charge in [-0.3, -0.25) is 15.2 Å². The molecule has 0 aromatic carbocycles. The first-order chi connectivity index (χ1) is 18.2. The SMILES string of the molecule is CNc1cncc(C(=O)N[C@H]2CCOC(CNC3CC(O)=CC(C(=N)N4C[C@H](C)O[C@@H](C)C4)=C3C)[C@H]2N)c1. The van der Waals surface area contributed by atoms with E-state index in [1.54, 1.807) is 25.4 Å². The fourth-order valence-electron chi connectivity index (χ4n) is 5.38. The Morgan fingerprint density at radius 2 is 2.03 bits per heavy atom. The summed E-state index contributed by atoms with van der Waals surface area (Å²) >= 11 is 0. The zero-order valence-corrected chi connectivity index (χ0v) is 22.7. The van der Waals surface area contributed by atoms with E-state index in [2.05, 4.69) is 20.9 Å². The maximum atomic E-state index is 12.8. The van der Waals surface area contributed by atoms with E-state index in [-0.39, 0.29) is 42.1 Å². The van der Waals surface area contributed by atoms with Crippen molar-refractivity contribution in [2.75, 3.05) is 38.6 Å². The van der Waals surface area contributed by atoms with Crippen molar-refractivity contribution in [1.29, 1.82) is 5.41 Å². The van der Waals surface area contributed by atoms with Crippen LogP contribution in [-0.4, -0.2) is 96.5 Å². The topological polar surface area (TPSA) is 158 Å². The molecule has 11 nitrogen and oxygen atoms in total. The molecule has 0 radical (unpaired) electrons. The van der Waals surface area contributed by atoms with Gasteiger partial charge >= 0.3 is 0 Å². The number of nitrogens with zero attached hydrogens (tertiary/aromatic N) is 2. The summed E-state index contributed by atoms with van der Waals surface area (Å²) in [5, 5.41) is 28.9. The number of aliphatic hydroxyl groups is 1. The lowest BCUT2D eigenvalue weighted by atomic mass is 9.90. The average molecular weight is 528 g/mol. The number of anilines is 1. The Balaban J connectivity index is 1.38. The smallest absolute Gasteiger partial charge is 0.253 e. The lowest BCUT2D eigenvalue weighted by Gasteiger charge is -2.39. The van der Waals surface area contributed by atoms with Crippen molar-refractivity contribution in [3.8, 4) is 0 Å². The molecular weight excluding hydrogens is 486 g/mol. The highest BCUT2D eigenvalue weighted by Crippen LogP contribution is 2.26. The average Bonchev–Trinajstić information content (AvgIpc) is 2.89. The summed E-state index contributed by atoms with van der Waals surface area (Å²) in [4.78, 5) is 18.9. The number of pyridine rings is 1. The standard InChI is InChI=1S/C27H41N7O4/c1-15-13-34(14-16(2)38-15)26(29)21-8-20(35)9-23(17(21)3)32-12-24-25(28)22(5-6-37-24)33-27(36)18-7-19(30-4)11-31-10-18/h7-8,10-11,15-16,22-25,29-30,32,35H,5-6,9,12-14,28H2,1-4H3,(H,33,36)/t15-,16-,22-,23?,24?,25-/m0/s1. The van der Waals surface area contributed by atoms with Gasteiger partial charge in [0.1, 0.15) is 5.84 Å². The maximum absolute atomic E-state index is 12.8. The predicted octanol–water partition coefficient (Wildman–Crippen LogP) is 1.54. The molecule has 6 atom stereocenters. The lowest BCUT2D eigenvalue weighted by molar-refractivity contribution is -0.0481. The second kappa shape index (κ2) is 12.2. The van der Waals surface area contributed by atoms with Crippen LogP contribution >= 0.6 is 0 Å². The van der Waals surface area contributed by atoms with Crippen LogP contribution < -0.4 is 21.7 Å². The van der Waals surface area contributed by atoms with Gasteiger partial charge in [0.2, 0.25) is 0 Å². The molecule has 7 N–H and O–H groups in total. The molecule has 4 rings (SSSR count). The van der Waals surface area contributed by atoms with Gasteiger partial charge in [-0.05, 0) is 44.9 Å². The Morgan fingerprint density at radius 3 is 2.74 bits per heavy atom. The van der Waals surface area contributed by atoms with Gasteiger partial charge in [0.15, 0.2) is 0 Å². The van der Waals surface area contributed by atoms with Crippen LogP contribution in [0, 0.1) is 5.41 Å². The van der Waals surface area contributed by atoms with Gasteiger partial charge in [-0.15, -0.1) is 0 Å². The van der Waals surface area contributed by atoms with Crippen LogP contribution in [0.4, 0.5) is 5.69 Å². The molecule has 2 fully saturated rings. The first kappa shape index (κ1) is 28.0. The molecule has 3 aliphatic rings. The third kappa shape index (κ3) is 6.52. The van der Waals surface area contributed by atoms with E-state index in [0.717, 1.165) is 16.8 Å². The van der Waals surface area contributed by atoms with Crippen LogP contribution in [0.15, 0.2) is 41.4 Å². The minimum atomic E-state index is -0.410. The van der Waals surface area contributed by atoms with Crippen molar-refractivity contribution in [2.24, 2.45) is 5.73 Å². The van der Waals surface area contributed by atoms with Crippen molar-refractivity contribution in [3.63, 3.8) is 0 Å². The van der Waals surface area contributed by atoms with E-state index in [1.807, 2.05) is 25.7 Å². The van der Waals surface area contributed by atoms with Gasteiger partial charge in [-0.1, -0.05) is 0 Å². The molecule has 0 bridgehead atoms. The van der Waals surface area contributed by atoms with Gasteiger partial charge in [-0.2, -0.15) is 0 Å². The summed E-state index contributed by atoms with van der Waals surface area (Å²) < 4.78 is 11.8. The molecule has 0 saturated carbocycles. The number of morpholine rings is 1. The van der Waals surface area contributed by atoms with E-state index < -0.39 is 6.04 Å². The Morgan fingerprint density at radius 1 is 1.29 bits per heavy atom. The number of amides is 1. The van der Waals surface area contributed by atoms with Crippen LogP contribution in [0.3, 0.4) is 0 Å². The minimum absolute atomic E-state index is 0.0389. The molecule has 11 heteroatoms. The first-order valence-electron chi connectivity index (χ1n) is 13.3. The number of carbonyl (C=O) groups excluding carboxylic acids is 1. The number of nitrogens with two attached hydrogens (primary N) is 1. The highest BCUT2D eigenvalue weighted by atomic mass is 16.5. The molecule has 1 amide bonds. The van der Waals surface area contributed by atoms with Gasteiger partial charge < -0.3 is 41.2 Å². The second-order valence-corrected chi connectivity index (χ2v) is 10.5. The molecule has 208 valence electrons. The normalized spacial score (nSPS) is 30.0. The number of aromatic nitrogens is 1. The van der Waals surface area contributed by atoms with Crippen molar-refractivity contribution in [1.82, 2.24) is 20.5 Å². The van der Waals surface area contributed by atoms with Crippen molar-refractivity contribution >= 4 is 17.4 Å². The highest BCUT2D eigenvalue weighted by Gasteiger charge is 2.34. The number of hydrogen-bond donors (Lipinski definition) is 6. The van der Waals surface area contributed by atoms with Crippen LogP contribution in [-0.2, 0) is 9.47 Å². The molecule has 3 heterocycles. The molecule has 1 aromatic rings. The summed E-state index contributed by atoms with van der Waals surface area (Å²) in [7, 11) is 1.78. The number of hydrogen-bond acceptors (Lipinski definition) is 9. The third-order valence-corrected chi connectivity index (χ3v) is 7.49. The van der Waals surface area contributed by atoms with Crippen LogP contribution in [0.1, 0.15) is 44.0 Å². The second-order valence-electron chi connectivity index (χ2n) is 10.5. The Labute approximate surface area is 224 Å². The van der Waals surface area contributed by atoms with Crippen LogP contribution in [0.25, 0.3) is 0 Å². The number of aliphatic hydroxyl groups excluding tert-OH is 1. The monoisotopic (exact) mass is 527 g/mol. The Bertz CT molecular complexity index is 1080. The number of amidine groups is 1. The fourth-order valence-corrected chi connectivity index (χ4v) is 5.38. The summed E-state index contributed by atoms with van der Waals surface area (Å²) in [6.07, 6.45) is 5.69. The molecule has 2 aliphatic heterocycles. The highest BCUT2D eigenvalue weighted by molar-refractivity contribution is 6.00. The fraction of sp³-hybridized carbons (Fsp3) is 0.593. The molecule has 1 aliphatic carbocycles. The zero-order chi connectivity index (χ0) is 27.4. The van der Waals surface area contributed by atoms with E-state index >= 15 is 0 Å². The summed E-state index contributed by atoms with van der Waals surface area (Å²) in [6.45, 7) is 8.22. The zero-order valence-electron chi connectivity index (χ0n) is 22.7. The number of nitrogens with one attached hydrogen (secondary N) is 4. The quantitative estimate of drug-likeness (QED) is 0.229. The molecule has 2 saturated heterocycles. The number of ether oxygens (including phenoxy) is 2. The largest absolute Gasteiger partial charge is 0.512 e. The first-order valence-corrected chi connectivity index (χ1v) is 13.3.